The highest BCUT2D eigenvalue weighted by atomic mass is 19.1. The van der Waals surface area contributed by atoms with Gasteiger partial charge in [0.15, 0.2) is 0 Å². The molecule has 1 aliphatic heterocycles. The average molecular weight is 346 g/mol. The molecule has 2 aromatic carbocycles. The number of rotatable bonds is 5. The number of anilines is 1. The summed E-state index contributed by atoms with van der Waals surface area (Å²) in [6.07, 6.45) is 0.907. The van der Waals surface area contributed by atoms with E-state index in [-0.39, 0.29) is 17.7 Å². The number of nitrogens with zero attached hydrogens (tertiary/aromatic N) is 1. The van der Waals surface area contributed by atoms with Crippen molar-refractivity contribution in [3.8, 4) is 0 Å². The van der Waals surface area contributed by atoms with Crippen molar-refractivity contribution in [1.29, 1.82) is 0 Å². The smallest absolute Gasteiger partial charge is 0.251 e. The molecule has 0 bridgehead atoms. The van der Waals surface area contributed by atoms with Crippen molar-refractivity contribution in [2.24, 2.45) is 0 Å². The van der Waals surface area contributed by atoms with Gasteiger partial charge in [-0.05, 0) is 37.1 Å². The van der Waals surface area contributed by atoms with Gasteiger partial charge in [-0.1, -0.05) is 18.2 Å². The van der Waals surface area contributed by atoms with E-state index in [1.165, 1.54) is 24.3 Å². The molecule has 0 spiro atoms. The highest BCUT2D eigenvalue weighted by Gasteiger charge is 2.18. The van der Waals surface area contributed by atoms with Crippen LogP contribution in [0.25, 0.3) is 0 Å². The first-order chi connectivity index (χ1) is 12.1. The van der Waals surface area contributed by atoms with Crippen LogP contribution in [0.2, 0.25) is 0 Å². The molecule has 2 aromatic rings. The largest absolute Gasteiger partial charge is 0.386 e. The molecule has 1 amide bonds. The summed E-state index contributed by atoms with van der Waals surface area (Å²) in [4.78, 5) is 14.1. The number of hydrogen-bond acceptors (Lipinski definition) is 3. The Morgan fingerprint density at radius 3 is 2.52 bits per heavy atom. The molecule has 3 rings (SSSR count). The molecule has 6 heteroatoms. The molecule has 25 heavy (non-hydrogen) atoms. The topological polar surface area (TPSA) is 52.6 Å². The summed E-state index contributed by atoms with van der Waals surface area (Å²) in [6, 6.07) is 10.2. The quantitative estimate of drug-likeness (QED) is 0.875. The number of aliphatic hydroxyl groups is 1. The molecule has 4 nitrogen and oxygen atoms in total. The Morgan fingerprint density at radius 1 is 1.12 bits per heavy atom. The number of amides is 1. The van der Waals surface area contributed by atoms with Gasteiger partial charge in [0.25, 0.3) is 5.91 Å². The molecule has 1 fully saturated rings. The van der Waals surface area contributed by atoms with Gasteiger partial charge in [-0.2, -0.15) is 0 Å². The Kier molecular flexibility index (Phi) is 5.28. The number of carbonyl (C=O) groups is 1. The lowest BCUT2D eigenvalue weighted by Crippen LogP contribution is -2.29. The van der Waals surface area contributed by atoms with Gasteiger partial charge in [0.05, 0.1) is 11.8 Å². The third kappa shape index (κ3) is 3.96. The van der Waals surface area contributed by atoms with Crippen LogP contribution in [-0.2, 0) is 0 Å². The molecule has 1 unspecified atom stereocenters. The van der Waals surface area contributed by atoms with Crippen molar-refractivity contribution in [1.82, 2.24) is 5.32 Å². The maximum absolute atomic E-state index is 14.3. The zero-order chi connectivity index (χ0) is 17.8. The van der Waals surface area contributed by atoms with Gasteiger partial charge in [-0.15, -0.1) is 0 Å². The van der Waals surface area contributed by atoms with Gasteiger partial charge >= 0.3 is 0 Å². The lowest BCUT2D eigenvalue weighted by atomic mass is 10.1. The van der Waals surface area contributed by atoms with Crippen molar-refractivity contribution in [3.05, 3.63) is 65.2 Å². The number of benzene rings is 2. The van der Waals surface area contributed by atoms with E-state index >= 15 is 0 Å². The van der Waals surface area contributed by atoms with Crippen LogP contribution in [0.4, 0.5) is 14.5 Å². The van der Waals surface area contributed by atoms with Crippen molar-refractivity contribution in [2.75, 3.05) is 24.5 Å². The third-order valence-corrected chi connectivity index (χ3v) is 4.38. The molecule has 1 heterocycles. The van der Waals surface area contributed by atoms with E-state index < -0.39 is 23.6 Å². The minimum Gasteiger partial charge on any atom is -0.386 e. The molecule has 0 radical (unpaired) electrons. The van der Waals surface area contributed by atoms with Crippen LogP contribution in [0.3, 0.4) is 0 Å². The van der Waals surface area contributed by atoms with Gasteiger partial charge in [0, 0.05) is 30.8 Å². The van der Waals surface area contributed by atoms with Crippen molar-refractivity contribution < 1.29 is 18.7 Å². The highest BCUT2D eigenvalue weighted by molar-refractivity contribution is 5.94. The summed E-state index contributed by atoms with van der Waals surface area (Å²) >= 11 is 0. The van der Waals surface area contributed by atoms with E-state index in [0.717, 1.165) is 25.9 Å². The zero-order valence-corrected chi connectivity index (χ0v) is 13.7. The Bertz CT molecular complexity index is 761. The minimum absolute atomic E-state index is 0.110. The SMILES string of the molecule is O=C(NCC(O)c1ccccc1F)c1ccc(N2CCCC2)c(F)c1. The molecular formula is C19H20F2N2O2. The fraction of sp³-hybridized carbons (Fsp3) is 0.316. The number of nitrogens with one attached hydrogen (secondary N) is 1. The summed E-state index contributed by atoms with van der Waals surface area (Å²) < 4.78 is 27.9. The van der Waals surface area contributed by atoms with E-state index in [1.807, 2.05) is 4.90 Å². The number of carbonyl (C=O) groups excluding carboxylic acids is 1. The van der Waals surface area contributed by atoms with Crippen LogP contribution in [0.1, 0.15) is 34.9 Å². The molecule has 0 saturated carbocycles. The average Bonchev–Trinajstić information content (AvgIpc) is 3.14. The second kappa shape index (κ2) is 7.61. The second-order valence-corrected chi connectivity index (χ2v) is 6.11. The summed E-state index contributed by atoms with van der Waals surface area (Å²) in [7, 11) is 0. The van der Waals surface area contributed by atoms with E-state index in [2.05, 4.69) is 5.32 Å². The summed E-state index contributed by atoms with van der Waals surface area (Å²) in [6.45, 7) is 1.48. The highest BCUT2D eigenvalue weighted by Crippen LogP contribution is 2.24. The summed E-state index contributed by atoms with van der Waals surface area (Å²) in [5.74, 6) is -1.49. The minimum atomic E-state index is -1.17. The maximum Gasteiger partial charge on any atom is 0.251 e. The third-order valence-electron chi connectivity index (χ3n) is 4.38. The van der Waals surface area contributed by atoms with Crippen molar-refractivity contribution in [3.63, 3.8) is 0 Å². The van der Waals surface area contributed by atoms with Crippen LogP contribution >= 0.6 is 0 Å². The second-order valence-electron chi connectivity index (χ2n) is 6.11. The predicted octanol–water partition coefficient (Wildman–Crippen LogP) is 3.03. The van der Waals surface area contributed by atoms with E-state index in [0.29, 0.717) is 5.69 Å². The van der Waals surface area contributed by atoms with Crippen LogP contribution in [-0.4, -0.2) is 30.6 Å². The fourth-order valence-electron chi connectivity index (χ4n) is 3.01. The standard InChI is InChI=1S/C19H20F2N2O2/c20-15-6-2-1-5-14(15)18(24)12-22-19(25)13-7-8-17(16(21)11-13)23-9-3-4-10-23/h1-2,5-8,11,18,24H,3-4,9-10,12H2,(H,22,25). The van der Waals surface area contributed by atoms with Gasteiger partial charge < -0.3 is 15.3 Å². The Balaban J connectivity index is 1.63. The first-order valence-electron chi connectivity index (χ1n) is 8.31. The van der Waals surface area contributed by atoms with E-state index in [4.69, 9.17) is 0 Å². The summed E-state index contributed by atoms with van der Waals surface area (Å²) in [5, 5.41) is 12.5. The molecule has 2 N–H and O–H groups in total. The van der Waals surface area contributed by atoms with Gasteiger partial charge in [0.2, 0.25) is 0 Å². The number of halogens is 2. The first-order valence-corrected chi connectivity index (χ1v) is 8.31. The maximum atomic E-state index is 14.3. The molecule has 0 aromatic heterocycles. The summed E-state index contributed by atoms with van der Waals surface area (Å²) in [5.41, 5.74) is 0.778. The molecule has 1 atom stereocenters. The molecule has 0 aliphatic carbocycles. The Morgan fingerprint density at radius 2 is 1.84 bits per heavy atom. The lowest BCUT2D eigenvalue weighted by Gasteiger charge is -2.19. The molecular weight excluding hydrogens is 326 g/mol. The fourth-order valence-corrected chi connectivity index (χ4v) is 3.01. The van der Waals surface area contributed by atoms with Crippen molar-refractivity contribution >= 4 is 11.6 Å². The normalized spacial score (nSPS) is 15.2. The van der Waals surface area contributed by atoms with Gasteiger partial charge in [-0.3, -0.25) is 4.79 Å². The van der Waals surface area contributed by atoms with Crippen LogP contribution in [0.15, 0.2) is 42.5 Å². The molecule has 1 saturated heterocycles. The van der Waals surface area contributed by atoms with Crippen LogP contribution in [0, 0.1) is 11.6 Å². The molecule has 1 aliphatic rings. The monoisotopic (exact) mass is 346 g/mol. The zero-order valence-electron chi connectivity index (χ0n) is 13.7. The number of hydrogen-bond donors (Lipinski definition) is 2. The van der Waals surface area contributed by atoms with Gasteiger partial charge in [-0.25, -0.2) is 8.78 Å². The van der Waals surface area contributed by atoms with Crippen LogP contribution < -0.4 is 10.2 Å². The lowest BCUT2D eigenvalue weighted by molar-refractivity contribution is 0.0913. The van der Waals surface area contributed by atoms with E-state index in [1.54, 1.807) is 18.2 Å². The Labute approximate surface area is 145 Å². The first kappa shape index (κ1) is 17.4. The van der Waals surface area contributed by atoms with Gasteiger partial charge in [0.1, 0.15) is 11.6 Å². The van der Waals surface area contributed by atoms with Crippen molar-refractivity contribution in [2.45, 2.75) is 18.9 Å². The Hall–Kier alpha value is -2.47. The van der Waals surface area contributed by atoms with E-state index in [9.17, 15) is 18.7 Å². The number of aliphatic hydroxyl groups excluding tert-OH is 1. The van der Waals surface area contributed by atoms with Crippen LogP contribution in [0.5, 0.6) is 0 Å². The predicted molar refractivity (Wildman–Crippen MR) is 91.5 cm³/mol. The molecule has 132 valence electrons.